The number of rotatable bonds is 6. The van der Waals surface area contributed by atoms with Crippen LogP contribution < -0.4 is 5.32 Å². The predicted octanol–water partition coefficient (Wildman–Crippen LogP) is 2.67. The molecule has 0 amide bonds. The van der Waals surface area contributed by atoms with Crippen molar-refractivity contribution in [1.29, 1.82) is 0 Å². The fourth-order valence-electron chi connectivity index (χ4n) is 2.58. The molecule has 106 valence electrons. The summed E-state index contributed by atoms with van der Waals surface area (Å²) in [6, 6.07) is 1.54. The van der Waals surface area contributed by atoms with Gasteiger partial charge in [-0.15, -0.1) is 0 Å². The van der Waals surface area contributed by atoms with E-state index in [0.717, 1.165) is 24.9 Å². The van der Waals surface area contributed by atoms with Gasteiger partial charge in [-0.1, -0.05) is 13.8 Å². The lowest BCUT2D eigenvalue weighted by Gasteiger charge is -2.27. The van der Waals surface area contributed by atoms with E-state index in [1.165, 1.54) is 12.3 Å². The number of nitrogens with zero attached hydrogens (tertiary/aromatic N) is 1. The molecule has 1 aliphatic rings. The van der Waals surface area contributed by atoms with Gasteiger partial charge in [0.25, 0.3) is 0 Å². The lowest BCUT2D eigenvalue weighted by Crippen LogP contribution is -2.37. The summed E-state index contributed by atoms with van der Waals surface area (Å²) in [5, 5.41) is 13.6. The molecular formula is C15H23FN2O. The molecule has 0 unspecified atom stereocenters. The third kappa shape index (κ3) is 3.31. The third-order valence-corrected chi connectivity index (χ3v) is 4.14. The molecule has 2 atom stereocenters. The van der Waals surface area contributed by atoms with Gasteiger partial charge in [0.05, 0.1) is 12.3 Å². The second-order valence-electron chi connectivity index (χ2n) is 6.09. The molecule has 0 radical (unpaired) electrons. The highest BCUT2D eigenvalue weighted by Gasteiger charge is 2.49. The Morgan fingerprint density at radius 1 is 1.37 bits per heavy atom. The normalized spacial score (nSPS) is 20.3. The Hall–Kier alpha value is -1.00. The van der Waals surface area contributed by atoms with Crippen molar-refractivity contribution in [1.82, 2.24) is 10.3 Å². The molecule has 1 heterocycles. The molecule has 1 aromatic heterocycles. The monoisotopic (exact) mass is 266 g/mol. The third-order valence-electron chi connectivity index (χ3n) is 4.14. The fourth-order valence-corrected chi connectivity index (χ4v) is 2.58. The second kappa shape index (κ2) is 5.55. The van der Waals surface area contributed by atoms with Crippen LogP contribution in [0.4, 0.5) is 4.39 Å². The van der Waals surface area contributed by atoms with E-state index in [1.807, 2.05) is 20.8 Å². The van der Waals surface area contributed by atoms with Crippen molar-refractivity contribution in [3.8, 4) is 0 Å². The summed E-state index contributed by atoms with van der Waals surface area (Å²) < 4.78 is 13.1. The minimum absolute atomic E-state index is 0.0170. The number of hydrogen-bond donors (Lipinski definition) is 2. The highest BCUT2D eigenvalue weighted by atomic mass is 19.1. The van der Waals surface area contributed by atoms with Crippen LogP contribution in [0.2, 0.25) is 0 Å². The van der Waals surface area contributed by atoms with E-state index in [1.54, 1.807) is 6.20 Å². The first kappa shape index (κ1) is 14.4. The number of aliphatic hydroxyl groups is 1. The van der Waals surface area contributed by atoms with Gasteiger partial charge in [-0.05, 0) is 37.3 Å². The Morgan fingerprint density at radius 2 is 2.05 bits per heavy atom. The number of aromatic nitrogens is 1. The largest absolute Gasteiger partial charge is 0.392 e. The fraction of sp³-hybridized carbons (Fsp3) is 0.667. The molecule has 0 aliphatic heterocycles. The van der Waals surface area contributed by atoms with Gasteiger partial charge in [-0.3, -0.25) is 4.98 Å². The van der Waals surface area contributed by atoms with Gasteiger partial charge in [0.1, 0.15) is 5.82 Å². The second-order valence-corrected chi connectivity index (χ2v) is 6.09. The minimum atomic E-state index is -0.311. The minimum Gasteiger partial charge on any atom is -0.392 e. The average molecular weight is 266 g/mol. The van der Waals surface area contributed by atoms with E-state index in [2.05, 4.69) is 10.3 Å². The van der Waals surface area contributed by atoms with Crippen LogP contribution in [0, 0.1) is 17.2 Å². The van der Waals surface area contributed by atoms with Gasteiger partial charge in [0.2, 0.25) is 0 Å². The van der Waals surface area contributed by atoms with Crippen LogP contribution in [0.3, 0.4) is 0 Å². The number of nitrogens with one attached hydrogen (secondary N) is 1. The van der Waals surface area contributed by atoms with Crippen molar-refractivity contribution < 1.29 is 9.50 Å². The van der Waals surface area contributed by atoms with E-state index in [4.69, 9.17) is 0 Å². The Bertz CT molecular complexity index is 432. The summed E-state index contributed by atoms with van der Waals surface area (Å²) in [5.74, 6) is -0.0371. The topological polar surface area (TPSA) is 45.1 Å². The van der Waals surface area contributed by atoms with Crippen LogP contribution in [-0.2, 0) is 0 Å². The predicted molar refractivity (Wildman–Crippen MR) is 73.1 cm³/mol. The van der Waals surface area contributed by atoms with Gasteiger partial charge in [-0.25, -0.2) is 4.39 Å². The van der Waals surface area contributed by atoms with Gasteiger partial charge in [0.15, 0.2) is 0 Å². The first-order valence-corrected chi connectivity index (χ1v) is 6.96. The zero-order valence-electron chi connectivity index (χ0n) is 11.9. The molecule has 1 fully saturated rings. The van der Waals surface area contributed by atoms with Crippen LogP contribution in [-0.4, -0.2) is 22.7 Å². The number of halogens is 1. The summed E-state index contributed by atoms with van der Waals surface area (Å²) in [7, 11) is 0. The van der Waals surface area contributed by atoms with Crippen molar-refractivity contribution in [2.45, 2.75) is 45.8 Å². The molecule has 3 nitrogen and oxygen atoms in total. The first-order valence-electron chi connectivity index (χ1n) is 6.96. The van der Waals surface area contributed by atoms with Crippen LogP contribution >= 0.6 is 0 Å². The SMILES string of the molecule is CC(C)[C@@H](O)C1(CN[C@@H](C)c2cncc(F)c2)CC1. The Morgan fingerprint density at radius 3 is 2.58 bits per heavy atom. The number of pyridine rings is 1. The Balaban J connectivity index is 1.92. The van der Waals surface area contributed by atoms with Crippen molar-refractivity contribution in [3.05, 3.63) is 29.8 Å². The highest BCUT2D eigenvalue weighted by Crippen LogP contribution is 2.50. The maximum atomic E-state index is 13.1. The quantitative estimate of drug-likeness (QED) is 0.832. The maximum absolute atomic E-state index is 13.1. The van der Waals surface area contributed by atoms with Gasteiger partial charge in [0, 0.05) is 24.2 Å². The maximum Gasteiger partial charge on any atom is 0.141 e. The van der Waals surface area contributed by atoms with Crippen LogP contribution in [0.5, 0.6) is 0 Å². The van der Waals surface area contributed by atoms with E-state index in [-0.39, 0.29) is 29.3 Å². The summed E-state index contributed by atoms with van der Waals surface area (Å²) >= 11 is 0. The van der Waals surface area contributed by atoms with Crippen LogP contribution in [0.15, 0.2) is 18.5 Å². The van der Waals surface area contributed by atoms with Crippen LogP contribution in [0.1, 0.15) is 45.2 Å². The molecule has 0 saturated heterocycles. The zero-order chi connectivity index (χ0) is 14.0. The molecule has 2 rings (SSSR count). The van der Waals surface area contributed by atoms with Crippen LogP contribution in [0.25, 0.3) is 0 Å². The van der Waals surface area contributed by atoms with Crippen molar-refractivity contribution >= 4 is 0 Å². The Labute approximate surface area is 114 Å². The number of hydrogen-bond acceptors (Lipinski definition) is 3. The summed E-state index contributed by atoms with van der Waals surface area (Å²) in [5.41, 5.74) is 0.859. The molecule has 1 saturated carbocycles. The lowest BCUT2D eigenvalue weighted by molar-refractivity contribution is 0.0491. The highest BCUT2D eigenvalue weighted by molar-refractivity contribution is 5.14. The molecule has 19 heavy (non-hydrogen) atoms. The molecule has 0 bridgehead atoms. The number of aliphatic hydroxyl groups excluding tert-OH is 1. The van der Waals surface area contributed by atoms with Gasteiger partial charge >= 0.3 is 0 Å². The van der Waals surface area contributed by atoms with E-state index < -0.39 is 0 Å². The molecule has 1 aromatic rings. The van der Waals surface area contributed by atoms with Gasteiger partial charge in [-0.2, -0.15) is 0 Å². The molecular weight excluding hydrogens is 243 g/mol. The average Bonchev–Trinajstić information content (AvgIpc) is 3.16. The first-order chi connectivity index (χ1) is 8.94. The molecule has 0 spiro atoms. The zero-order valence-corrected chi connectivity index (χ0v) is 11.9. The summed E-state index contributed by atoms with van der Waals surface area (Å²) in [6.07, 6.45) is 4.75. The lowest BCUT2D eigenvalue weighted by atomic mass is 9.90. The molecule has 0 aromatic carbocycles. The van der Waals surface area contributed by atoms with Crippen molar-refractivity contribution in [3.63, 3.8) is 0 Å². The Kier molecular flexibility index (Phi) is 4.21. The smallest absolute Gasteiger partial charge is 0.141 e. The molecule has 4 heteroatoms. The van der Waals surface area contributed by atoms with Crippen molar-refractivity contribution in [2.75, 3.05) is 6.54 Å². The van der Waals surface area contributed by atoms with Crippen molar-refractivity contribution in [2.24, 2.45) is 11.3 Å². The molecule has 2 N–H and O–H groups in total. The van der Waals surface area contributed by atoms with Gasteiger partial charge < -0.3 is 10.4 Å². The molecule has 1 aliphatic carbocycles. The summed E-state index contributed by atoms with van der Waals surface area (Å²) in [4.78, 5) is 3.86. The van der Waals surface area contributed by atoms with E-state index >= 15 is 0 Å². The van der Waals surface area contributed by atoms with E-state index in [0.29, 0.717) is 0 Å². The standard InChI is InChI=1S/C15H23FN2O/c1-10(2)14(19)15(4-5-15)9-18-11(3)12-6-13(16)8-17-7-12/h6-8,10-11,14,18-19H,4-5,9H2,1-3H3/t11-,14+/m0/s1. The van der Waals surface area contributed by atoms with E-state index in [9.17, 15) is 9.50 Å². The summed E-state index contributed by atoms with van der Waals surface area (Å²) in [6.45, 7) is 6.85.